The molecular weight excluding hydrogens is 406 g/mol. The molecule has 0 radical (unpaired) electrons. The predicted molar refractivity (Wildman–Crippen MR) is 121 cm³/mol. The second-order valence-electron chi connectivity index (χ2n) is 9.70. The molecule has 176 valence electrons. The largest absolute Gasteiger partial charge is 0.485 e. The standard InChI is InChI=1S/C25H37N3O4/c1-5-25-14-21(29)24(4,30)13-18(25)9-8-17-12-19(10-11-20(17)25)31-16-22-26-23(32-27-22)15-28(6-2)7-3/h10-12,18,21,29-30H,5-9,13-16H2,1-4H3/t18-,21+,24+,25-/m1/s1. The molecule has 1 heterocycles. The topological polar surface area (TPSA) is 91.9 Å². The molecule has 1 aromatic carbocycles. The summed E-state index contributed by atoms with van der Waals surface area (Å²) in [4.78, 5) is 6.67. The van der Waals surface area contributed by atoms with E-state index in [9.17, 15) is 10.2 Å². The minimum absolute atomic E-state index is 0.0826. The van der Waals surface area contributed by atoms with Gasteiger partial charge in [-0.3, -0.25) is 4.90 Å². The fourth-order valence-electron chi connectivity index (χ4n) is 5.78. The quantitative estimate of drug-likeness (QED) is 0.644. The SMILES string of the molecule is CCN(CC)Cc1nc(COc2ccc3c(c2)CC[C@@H]2C[C@](C)(O)[C@@H](O)C[C@@]32CC)no1. The van der Waals surface area contributed by atoms with Crippen LogP contribution >= 0.6 is 0 Å². The maximum absolute atomic E-state index is 10.7. The molecule has 2 aliphatic carbocycles. The number of ether oxygens (including phenoxy) is 1. The third-order valence-electron chi connectivity index (χ3n) is 7.85. The Morgan fingerprint density at radius 3 is 2.72 bits per heavy atom. The van der Waals surface area contributed by atoms with E-state index in [-0.39, 0.29) is 12.0 Å². The summed E-state index contributed by atoms with van der Waals surface area (Å²) in [5.41, 5.74) is 1.50. The number of hydrogen-bond donors (Lipinski definition) is 2. The molecule has 1 aromatic heterocycles. The Morgan fingerprint density at radius 2 is 2.00 bits per heavy atom. The molecule has 7 heteroatoms. The van der Waals surface area contributed by atoms with Gasteiger partial charge in [-0.1, -0.05) is 32.0 Å². The molecule has 2 N–H and O–H groups in total. The molecular formula is C25H37N3O4. The van der Waals surface area contributed by atoms with Gasteiger partial charge in [-0.05, 0) is 81.3 Å². The number of nitrogens with zero attached hydrogens (tertiary/aromatic N) is 3. The Balaban J connectivity index is 1.47. The van der Waals surface area contributed by atoms with Gasteiger partial charge in [0.1, 0.15) is 5.75 Å². The van der Waals surface area contributed by atoms with Crippen molar-refractivity contribution < 1.29 is 19.5 Å². The molecule has 4 rings (SSSR count). The first kappa shape index (κ1) is 23.2. The van der Waals surface area contributed by atoms with Gasteiger partial charge in [-0.15, -0.1) is 0 Å². The summed E-state index contributed by atoms with van der Waals surface area (Å²) >= 11 is 0. The second-order valence-corrected chi connectivity index (χ2v) is 9.70. The highest BCUT2D eigenvalue weighted by Gasteiger charge is 2.53. The van der Waals surface area contributed by atoms with E-state index in [2.05, 4.69) is 47.9 Å². The second kappa shape index (κ2) is 9.12. The maximum Gasteiger partial charge on any atom is 0.240 e. The van der Waals surface area contributed by atoms with Crippen molar-refractivity contribution in [3.63, 3.8) is 0 Å². The first-order chi connectivity index (χ1) is 15.3. The minimum atomic E-state index is -1.00. The highest BCUT2D eigenvalue weighted by atomic mass is 16.5. The van der Waals surface area contributed by atoms with E-state index in [4.69, 9.17) is 9.26 Å². The van der Waals surface area contributed by atoms with Crippen molar-refractivity contribution in [3.05, 3.63) is 41.0 Å². The van der Waals surface area contributed by atoms with Crippen molar-refractivity contribution in [1.29, 1.82) is 0 Å². The van der Waals surface area contributed by atoms with Crippen LogP contribution in [-0.4, -0.2) is 50.0 Å². The Morgan fingerprint density at radius 1 is 1.22 bits per heavy atom. The summed E-state index contributed by atoms with van der Waals surface area (Å²) in [5, 5.41) is 25.3. The summed E-state index contributed by atoms with van der Waals surface area (Å²) in [6.45, 7) is 11.0. The Labute approximate surface area is 190 Å². The van der Waals surface area contributed by atoms with Crippen LogP contribution in [0.15, 0.2) is 22.7 Å². The number of aryl methyl sites for hydroxylation is 1. The highest BCUT2D eigenvalue weighted by molar-refractivity contribution is 5.44. The zero-order valence-corrected chi connectivity index (χ0v) is 19.8. The van der Waals surface area contributed by atoms with Crippen LogP contribution in [0, 0.1) is 5.92 Å². The lowest BCUT2D eigenvalue weighted by atomic mass is 9.53. The van der Waals surface area contributed by atoms with Crippen molar-refractivity contribution in [3.8, 4) is 5.75 Å². The van der Waals surface area contributed by atoms with Crippen LogP contribution < -0.4 is 4.74 Å². The Hall–Kier alpha value is -1.96. The minimum Gasteiger partial charge on any atom is -0.485 e. The van der Waals surface area contributed by atoms with E-state index < -0.39 is 11.7 Å². The summed E-state index contributed by atoms with van der Waals surface area (Å²) < 4.78 is 11.4. The van der Waals surface area contributed by atoms with Gasteiger partial charge in [0.2, 0.25) is 11.7 Å². The van der Waals surface area contributed by atoms with Crippen molar-refractivity contribution in [2.24, 2.45) is 5.92 Å². The lowest BCUT2D eigenvalue weighted by molar-refractivity contribution is -0.129. The zero-order valence-electron chi connectivity index (χ0n) is 19.8. The molecule has 7 nitrogen and oxygen atoms in total. The van der Waals surface area contributed by atoms with Gasteiger partial charge in [0.05, 0.1) is 18.2 Å². The van der Waals surface area contributed by atoms with Crippen LogP contribution in [0.25, 0.3) is 0 Å². The maximum atomic E-state index is 10.7. The highest BCUT2D eigenvalue weighted by Crippen LogP contribution is 2.54. The Kier molecular flexibility index (Phi) is 6.61. The predicted octanol–water partition coefficient (Wildman–Crippen LogP) is 3.61. The van der Waals surface area contributed by atoms with Gasteiger partial charge in [0, 0.05) is 5.41 Å². The smallest absolute Gasteiger partial charge is 0.240 e. The summed E-state index contributed by atoms with van der Waals surface area (Å²) in [5.74, 6) is 2.34. The van der Waals surface area contributed by atoms with Crippen molar-refractivity contribution in [2.75, 3.05) is 13.1 Å². The number of benzene rings is 1. The van der Waals surface area contributed by atoms with Gasteiger partial charge in [-0.2, -0.15) is 4.98 Å². The average Bonchev–Trinajstić information content (AvgIpc) is 3.24. The van der Waals surface area contributed by atoms with E-state index >= 15 is 0 Å². The van der Waals surface area contributed by atoms with Crippen LogP contribution in [0.2, 0.25) is 0 Å². The third kappa shape index (κ3) is 4.30. The van der Waals surface area contributed by atoms with E-state index in [0.717, 1.165) is 38.1 Å². The fraction of sp³-hybridized carbons (Fsp3) is 0.680. The summed E-state index contributed by atoms with van der Waals surface area (Å²) in [6.07, 6.45) is 3.48. The first-order valence-electron chi connectivity index (χ1n) is 12.0. The Bertz CT molecular complexity index is 924. The molecule has 0 saturated heterocycles. The molecule has 0 amide bonds. The molecule has 0 unspecified atom stereocenters. The van der Waals surface area contributed by atoms with Gasteiger partial charge in [0.25, 0.3) is 0 Å². The molecule has 0 bridgehead atoms. The lowest BCUT2D eigenvalue weighted by Crippen LogP contribution is -2.56. The number of rotatable bonds is 8. The number of aromatic nitrogens is 2. The molecule has 1 saturated carbocycles. The molecule has 0 spiro atoms. The van der Waals surface area contributed by atoms with E-state index in [0.29, 0.717) is 37.0 Å². The van der Waals surface area contributed by atoms with Crippen molar-refractivity contribution >= 4 is 0 Å². The van der Waals surface area contributed by atoms with Crippen molar-refractivity contribution in [1.82, 2.24) is 15.0 Å². The fourth-order valence-corrected chi connectivity index (χ4v) is 5.78. The van der Waals surface area contributed by atoms with Crippen LogP contribution in [0.1, 0.15) is 76.2 Å². The van der Waals surface area contributed by atoms with Crippen LogP contribution in [-0.2, 0) is 25.0 Å². The van der Waals surface area contributed by atoms with Crippen LogP contribution in [0.4, 0.5) is 0 Å². The number of aliphatic hydroxyl groups excluding tert-OH is 1. The molecule has 2 aliphatic rings. The van der Waals surface area contributed by atoms with E-state index in [1.54, 1.807) is 6.92 Å². The lowest BCUT2D eigenvalue weighted by Gasteiger charge is -2.54. The molecule has 1 fully saturated rings. The van der Waals surface area contributed by atoms with E-state index in [1.165, 1.54) is 11.1 Å². The van der Waals surface area contributed by atoms with Crippen LogP contribution in [0.5, 0.6) is 5.75 Å². The first-order valence-corrected chi connectivity index (χ1v) is 12.0. The summed E-state index contributed by atoms with van der Waals surface area (Å²) in [7, 11) is 0. The molecule has 32 heavy (non-hydrogen) atoms. The zero-order chi connectivity index (χ0) is 22.9. The monoisotopic (exact) mass is 443 g/mol. The number of aliphatic hydroxyl groups is 2. The number of hydrogen-bond acceptors (Lipinski definition) is 7. The van der Waals surface area contributed by atoms with Crippen molar-refractivity contribution in [2.45, 2.75) is 90.1 Å². The van der Waals surface area contributed by atoms with E-state index in [1.807, 2.05) is 6.07 Å². The average molecular weight is 444 g/mol. The van der Waals surface area contributed by atoms with Crippen LogP contribution in [0.3, 0.4) is 0 Å². The van der Waals surface area contributed by atoms with Gasteiger partial charge in [0.15, 0.2) is 6.61 Å². The molecule has 2 aromatic rings. The third-order valence-corrected chi connectivity index (χ3v) is 7.85. The van der Waals surface area contributed by atoms with Gasteiger partial charge < -0.3 is 19.5 Å². The normalized spacial score (nSPS) is 29.6. The number of fused-ring (bicyclic) bond motifs is 3. The molecule has 0 aliphatic heterocycles. The van der Waals surface area contributed by atoms with Gasteiger partial charge in [-0.25, -0.2) is 0 Å². The van der Waals surface area contributed by atoms with Gasteiger partial charge >= 0.3 is 0 Å². The molecule has 4 atom stereocenters. The summed E-state index contributed by atoms with van der Waals surface area (Å²) in [6, 6.07) is 6.29.